The lowest BCUT2D eigenvalue weighted by Gasteiger charge is -2.34. The number of amides is 1. The van der Waals surface area contributed by atoms with E-state index in [4.69, 9.17) is 0 Å². The van der Waals surface area contributed by atoms with Gasteiger partial charge in [-0.15, -0.1) is 0 Å². The molecule has 0 aliphatic carbocycles. The third-order valence-corrected chi connectivity index (χ3v) is 4.78. The second-order valence-corrected chi connectivity index (χ2v) is 6.48. The number of benzene rings is 2. The fourth-order valence-corrected chi connectivity index (χ4v) is 3.41. The maximum atomic E-state index is 13.8. The predicted molar refractivity (Wildman–Crippen MR) is 95.4 cm³/mol. The summed E-state index contributed by atoms with van der Waals surface area (Å²) in [6, 6.07) is 14.9. The Bertz CT molecular complexity index is 905. The quantitative estimate of drug-likeness (QED) is 0.794. The van der Waals surface area contributed by atoms with Gasteiger partial charge < -0.3 is 9.88 Å². The van der Waals surface area contributed by atoms with Crippen molar-refractivity contribution in [3.05, 3.63) is 71.7 Å². The Morgan fingerprint density at radius 3 is 2.64 bits per heavy atom. The normalized spacial score (nSPS) is 15.9. The van der Waals surface area contributed by atoms with Gasteiger partial charge in [0.25, 0.3) is 0 Å². The highest BCUT2D eigenvalue weighted by atomic mass is 19.1. The van der Waals surface area contributed by atoms with E-state index >= 15 is 0 Å². The van der Waals surface area contributed by atoms with Gasteiger partial charge in [-0.25, -0.2) is 4.39 Å². The zero-order valence-corrected chi connectivity index (χ0v) is 13.9. The number of piperazine rings is 1. The highest BCUT2D eigenvalue weighted by Crippen LogP contribution is 2.20. The third kappa shape index (κ3) is 3.28. The lowest BCUT2D eigenvalue weighted by Crippen LogP contribution is -2.49. The molecule has 5 heteroatoms. The van der Waals surface area contributed by atoms with E-state index in [1.54, 1.807) is 23.1 Å². The zero-order chi connectivity index (χ0) is 17.2. The Morgan fingerprint density at radius 2 is 1.80 bits per heavy atom. The summed E-state index contributed by atoms with van der Waals surface area (Å²) < 4.78 is 13.8. The van der Waals surface area contributed by atoms with Crippen molar-refractivity contribution in [2.24, 2.45) is 0 Å². The second kappa shape index (κ2) is 6.69. The van der Waals surface area contributed by atoms with Crippen LogP contribution in [0.3, 0.4) is 0 Å². The summed E-state index contributed by atoms with van der Waals surface area (Å²) in [4.78, 5) is 19.6. The van der Waals surface area contributed by atoms with E-state index in [0.29, 0.717) is 25.2 Å². The number of nitrogens with one attached hydrogen (secondary N) is 1. The van der Waals surface area contributed by atoms with Crippen LogP contribution in [0.5, 0.6) is 0 Å². The van der Waals surface area contributed by atoms with Crippen LogP contribution < -0.4 is 0 Å². The molecule has 0 saturated carbocycles. The summed E-state index contributed by atoms with van der Waals surface area (Å²) >= 11 is 0. The number of halogens is 1. The van der Waals surface area contributed by atoms with Crippen molar-refractivity contribution in [1.29, 1.82) is 0 Å². The van der Waals surface area contributed by atoms with Gasteiger partial charge in [-0.05, 0) is 23.1 Å². The molecule has 0 bridgehead atoms. The molecule has 1 saturated heterocycles. The molecule has 2 heterocycles. The molecule has 0 unspecified atom stereocenters. The molecule has 1 aromatic heterocycles. The Balaban J connectivity index is 1.42. The first-order valence-corrected chi connectivity index (χ1v) is 8.49. The van der Waals surface area contributed by atoms with Crippen molar-refractivity contribution in [1.82, 2.24) is 14.8 Å². The molecular weight excluding hydrogens is 317 g/mol. The number of H-pyrrole nitrogens is 1. The number of para-hydroxylation sites is 1. The summed E-state index contributed by atoms with van der Waals surface area (Å²) in [6.07, 6.45) is 1.94. The molecule has 1 amide bonds. The van der Waals surface area contributed by atoms with E-state index in [-0.39, 0.29) is 11.7 Å². The number of hydrogen-bond donors (Lipinski definition) is 1. The molecule has 1 fully saturated rings. The standard InChI is InChI=1S/C20H20FN3O/c21-18-7-2-1-4-16(18)13-24-11-10-23(14-19(24)25)12-17-6-3-5-15-8-9-22-20(15)17/h1-9,22H,10-14H2. The topological polar surface area (TPSA) is 39.3 Å². The zero-order valence-electron chi connectivity index (χ0n) is 13.9. The summed E-state index contributed by atoms with van der Waals surface area (Å²) in [6.45, 7) is 2.85. The minimum atomic E-state index is -0.254. The number of nitrogens with zero attached hydrogens (tertiary/aromatic N) is 2. The van der Waals surface area contributed by atoms with Crippen LogP contribution in [0.4, 0.5) is 4.39 Å². The van der Waals surface area contributed by atoms with Gasteiger partial charge in [-0.1, -0.05) is 36.4 Å². The van der Waals surface area contributed by atoms with Crippen LogP contribution in [-0.4, -0.2) is 40.3 Å². The highest BCUT2D eigenvalue weighted by molar-refractivity contribution is 5.82. The van der Waals surface area contributed by atoms with Crippen molar-refractivity contribution in [2.75, 3.05) is 19.6 Å². The number of fused-ring (bicyclic) bond motifs is 1. The molecule has 25 heavy (non-hydrogen) atoms. The summed E-state index contributed by atoms with van der Waals surface area (Å²) in [7, 11) is 0. The molecule has 1 N–H and O–H groups in total. The molecule has 1 aliphatic heterocycles. The number of carbonyl (C=O) groups excluding carboxylic acids is 1. The smallest absolute Gasteiger partial charge is 0.237 e. The highest BCUT2D eigenvalue weighted by Gasteiger charge is 2.25. The molecule has 3 aromatic rings. The maximum Gasteiger partial charge on any atom is 0.237 e. The Morgan fingerprint density at radius 1 is 0.960 bits per heavy atom. The van der Waals surface area contributed by atoms with Crippen molar-refractivity contribution < 1.29 is 9.18 Å². The molecule has 0 spiro atoms. The molecule has 4 rings (SSSR count). The number of aromatic amines is 1. The van der Waals surface area contributed by atoms with Crippen molar-refractivity contribution >= 4 is 16.8 Å². The van der Waals surface area contributed by atoms with Crippen LogP contribution in [0.1, 0.15) is 11.1 Å². The van der Waals surface area contributed by atoms with Crippen LogP contribution in [0.2, 0.25) is 0 Å². The van der Waals surface area contributed by atoms with Crippen molar-refractivity contribution in [3.63, 3.8) is 0 Å². The Labute approximate surface area is 145 Å². The fourth-order valence-electron chi connectivity index (χ4n) is 3.41. The van der Waals surface area contributed by atoms with Gasteiger partial charge in [-0.3, -0.25) is 9.69 Å². The fraction of sp³-hybridized carbons (Fsp3) is 0.250. The number of carbonyl (C=O) groups is 1. The van der Waals surface area contributed by atoms with Gasteiger partial charge in [0.1, 0.15) is 5.82 Å². The largest absolute Gasteiger partial charge is 0.361 e. The SMILES string of the molecule is O=C1CN(Cc2cccc3cc[nH]c23)CCN1Cc1ccccc1F. The van der Waals surface area contributed by atoms with Crippen molar-refractivity contribution in [3.8, 4) is 0 Å². The van der Waals surface area contributed by atoms with Gasteiger partial charge >= 0.3 is 0 Å². The molecule has 128 valence electrons. The van der Waals surface area contributed by atoms with Crippen molar-refractivity contribution in [2.45, 2.75) is 13.1 Å². The van der Waals surface area contributed by atoms with E-state index in [0.717, 1.165) is 18.6 Å². The number of hydrogen-bond acceptors (Lipinski definition) is 2. The van der Waals surface area contributed by atoms with Gasteiger partial charge in [0, 0.05) is 43.5 Å². The summed E-state index contributed by atoms with van der Waals surface area (Å²) in [5.41, 5.74) is 2.89. The van der Waals surface area contributed by atoms with E-state index in [1.807, 2.05) is 12.3 Å². The minimum absolute atomic E-state index is 0.0492. The van der Waals surface area contributed by atoms with Gasteiger partial charge in [-0.2, -0.15) is 0 Å². The monoisotopic (exact) mass is 337 g/mol. The number of rotatable bonds is 4. The van der Waals surface area contributed by atoms with Crippen LogP contribution in [0.25, 0.3) is 10.9 Å². The lowest BCUT2D eigenvalue weighted by molar-refractivity contribution is -0.136. The van der Waals surface area contributed by atoms with E-state index in [1.165, 1.54) is 17.0 Å². The van der Waals surface area contributed by atoms with E-state index < -0.39 is 0 Å². The lowest BCUT2D eigenvalue weighted by atomic mass is 10.1. The average molecular weight is 337 g/mol. The predicted octanol–water partition coefficient (Wildman–Crippen LogP) is 3.15. The van der Waals surface area contributed by atoms with E-state index in [2.05, 4.69) is 28.1 Å². The van der Waals surface area contributed by atoms with Crippen LogP contribution in [0, 0.1) is 5.82 Å². The molecule has 2 aromatic carbocycles. The molecule has 0 atom stereocenters. The molecule has 4 nitrogen and oxygen atoms in total. The maximum absolute atomic E-state index is 13.8. The Hall–Kier alpha value is -2.66. The Kier molecular flexibility index (Phi) is 4.24. The molecular formula is C20H20FN3O. The van der Waals surface area contributed by atoms with E-state index in [9.17, 15) is 9.18 Å². The number of aromatic nitrogens is 1. The first kappa shape index (κ1) is 15.8. The molecule has 0 radical (unpaired) electrons. The van der Waals surface area contributed by atoms with Crippen LogP contribution >= 0.6 is 0 Å². The third-order valence-electron chi connectivity index (χ3n) is 4.78. The molecule has 1 aliphatic rings. The van der Waals surface area contributed by atoms with Crippen LogP contribution in [-0.2, 0) is 17.9 Å². The minimum Gasteiger partial charge on any atom is -0.361 e. The van der Waals surface area contributed by atoms with Crippen LogP contribution in [0.15, 0.2) is 54.7 Å². The first-order valence-electron chi connectivity index (χ1n) is 8.49. The van der Waals surface area contributed by atoms with Gasteiger partial charge in [0.15, 0.2) is 0 Å². The summed E-state index contributed by atoms with van der Waals surface area (Å²) in [5.74, 6) is -0.204. The first-order chi connectivity index (χ1) is 12.2. The summed E-state index contributed by atoms with van der Waals surface area (Å²) in [5, 5.41) is 1.18. The second-order valence-electron chi connectivity index (χ2n) is 6.48. The van der Waals surface area contributed by atoms with Gasteiger partial charge in [0.2, 0.25) is 5.91 Å². The average Bonchev–Trinajstić information content (AvgIpc) is 3.09. The van der Waals surface area contributed by atoms with Gasteiger partial charge in [0.05, 0.1) is 6.54 Å².